The Kier molecular flexibility index (Phi) is 8.02. The zero-order valence-electron chi connectivity index (χ0n) is 21.1. The second-order valence-electron chi connectivity index (χ2n) is 8.72. The first-order valence-electron chi connectivity index (χ1n) is 11.8. The number of hydrogen-bond donors (Lipinski definition) is 3. The Hall–Kier alpha value is -3.59. The summed E-state index contributed by atoms with van der Waals surface area (Å²) in [7, 11) is 1.16. The molecular formula is C26H31FN6O3S. The summed E-state index contributed by atoms with van der Waals surface area (Å²) in [6.45, 7) is 5.41. The summed E-state index contributed by atoms with van der Waals surface area (Å²) in [6.07, 6.45) is 1.44. The number of anilines is 2. The number of ether oxygens (including phenoxy) is 1. The van der Waals surface area contributed by atoms with Gasteiger partial charge in [-0.2, -0.15) is 5.10 Å². The van der Waals surface area contributed by atoms with Crippen molar-refractivity contribution in [3.63, 3.8) is 0 Å². The molecule has 196 valence electrons. The lowest BCUT2D eigenvalue weighted by molar-refractivity contribution is 0.149. The highest BCUT2D eigenvalue weighted by Gasteiger charge is 2.28. The lowest BCUT2D eigenvalue weighted by atomic mass is 10.0. The molecule has 4 rings (SSSR count). The minimum absolute atomic E-state index is 0.104. The summed E-state index contributed by atoms with van der Waals surface area (Å²) in [6, 6.07) is 9.97. The SMILES string of the molecule is C=Cc1c(C#CCNc2ccc(S(=O)(=O)NC)cc2OC)nn2c(N[C@@H]3CCN(C)C[C@@H]3F)cccc12. The number of halogens is 1. The predicted octanol–water partition coefficient (Wildman–Crippen LogP) is 2.81. The van der Waals surface area contributed by atoms with Crippen LogP contribution in [-0.4, -0.2) is 76.0 Å². The van der Waals surface area contributed by atoms with Gasteiger partial charge in [0.05, 0.1) is 35.8 Å². The van der Waals surface area contributed by atoms with Gasteiger partial charge in [0.15, 0.2) is 0 Å². The van der Waals surface area contributed by atoms with Crippen molar-refractivity contribution in [2.24, 2.45) is 0 Å². The molecule has 1 aliphatic rings. The normalized spacial score (nSPS) is 18.2. The van der Waals surface area contributed by atoms with E-state index in [0.29, 0.717) is 35.9 Å². The minimum Gasteiger partial charge on any atom is -0.495 e. The monoisotopic (exact) mass is 526 g/mol. The molecular weight excluding hydrogens is 495 g/mol. The Balaban J connectivity index is 1.53. The predicted molar refractivity (Wildman–Crippen MR) is 144 cm³/mol. The van der Waals surface area contributed by atoms with Crippen LogP contribution < -0.4 is 20.1 Å². The summed E-state index contributed by atoms with van der Waals surface area (Å²) in [5, 5.41) is 11.1. The van der Waals surface area contributed by atoms with Gasteiger partial charge in [0.1, 0.15) is 23.4 Å². The molecule has 2 atom stereocenters. The molecule has 11 heteroatoms. The van der Waals surface area contributed by atoms with Crippen molar-refractivity contribution in [1.82, 2.24) is 19.2 Å². The summed E-state index contributed by atoms with van der Waals surface area (Å²) in [5.41, 5.74) is 2.77. The van der Waals surface area contributed by atoms with Crippen molar-refractivity contribution in [3.8, 4) is 17.6 Å². The largest absolute Gasteiger partial charge is 0.495 e. The van der Waals surface area contributed by atoms with Crippen LogP contribution in [0.1, 0.15) is 17.7 Å². The van der Waals surface area contributed by atoms with Gasteiger partial charge in [-0.3, -0.25) is 0 Å². The van der Waals surface area contributed by atoms with E-state index in [1.54, 1.807) is 16.7 Å². The molecule has 37 heavy (non-hydrogen) atoms. The first-order chi connectivity index (χ1) is 17.8. The number of methoxy groups -OCH3 is 1. The van der Waals surface area contributed by atoms with E-state index in [9.17, 15) is 12.8 Å². The van der Waals surface area contributed by atoms with Gasteiger partial charge >= 0.3 is 0 Å². The highest BCUT2D eigenvalue weighted by Crippen LogP contribution is 2.27. The molecule has 0 bridgehead atoms. The quantitative estimate of drug-likeness (QED) is 0.388. The minimum atomic E-state index is -3.58. The van der Waals surface area contributed by atoms with Crippen molar-refractivity contribution >= 4 is 33.1 Å². The molecule has 0 spiro atoms. The molecule has 0 unspecified atom stereocenters. The van der Waals surface area contributed by atoms with Gasteiger partial charge in [-0.25, -0.2) is 22.0 Å². The van der Waals surface area contributed by atoms with Gasteiger partial charge in [0.25, 0.3) is 0 Å². The van der Waals surface area contributed by atoms with Crippen LogP contribution in [-0.2, 0) is 10.0 Å². The second kappa shape index (κ2) is 11.2. The van der Waals surface area contributed by atoms with Crippen LogP contribution in [0.4, 0.5) is 15.9 Å². The number of nitrogens with zero attached hydrogens (tertiary/aromatic N) is 3. The molecule has 1 aromatic carbocycles. The highest BCUT2D eigenvalue weighted by molar-refractivity contribution is 7.89. The van der Waals surface area contributed by atoms with E-state index in [2.05, 4.69) is 38.9 Å². The molecule has 1 fully saturated rings. The molecule has 0 aliphatic carbocycles. The fourth-order valence-corrected chi connectivity index (χ4v) is 5.02. The average Bonchev–Trinajstić information content (AvgIpc) is 3.26. The third-order valence-electron chi connectivity index (χ3n) is 6.30. The van der Waals surface area contributed by atoms with Crippen molar-refractivity contribution in [2.45, 2.75) is 23.5 Å². The van der Waals surface area contributed by atoms with Crippen LogP contribution in [0.25, 0.3) is 11.6 Å². The summed E-state index contributed by atoms with van der Waals surface area (Å²) in [5.74, 6) is 7.21. The van der Waals surface area contributed by atoms with E-state index >= 15 is 0 Å². The van der Waals surface area contributed by atoms with Gasteiger partial charge in [-0.05, 0) is 50.7 Å². The number of piperidine rings is 1. The van der Waals surface area contributed by atoms with E-state index in [4.69, 9.17) is 4.74 Å². The molecule has 2 aromatic heterocycles. The molecule has 3 aromatic rings. The fraction of sp³-hybridized carbons (Fsp3) is 0.346. The van der Waals surface area contributed by atoms with Crippen LogP contribution in [0.15, 0.2) is 47.9 Å². The van der Waals surface area contributed by atoms with Crippen LogP contribution in [0.2, 0.25) is 0 Å². The third kappa shape index (κ3) is 5.72. The maximum absolute atomic E-state index is 14.6. The zero-order valence-corrected chi connectivity index (χ0v) is 21.9. The second-order valence-corrected chi connectivity index (χ2v) is 10.6. The van der Waals surface area contributed by atoms with Crippen molar-refractivity contribution < 1.29 is 17.5 Å². The maximum atomic E-state index is 14.6. The Bertz CT molecular complexity index is 1460. The fourth-order valence-electron chi connectivity index (χ4n) is 4.27. The first kappa shape index (κ1) is 26.5. The standard InChI is InChI=1S/C26H31FN6O3S/c1-5-19-21(8-7-14-29-23-12-11-18(16-25(23)36-4)37(34,35)28-2)31-33-24(19)9-6-10-26(33)30-22-13-15-32(3)17-20(22)27/h5-6,9-12,16,20,22,28-30H,1,13-15,17H2,2-4H3/t20-,22+/m0/s1. The van der Waals surface area contributed by atoms with Gasteiger partial charge in [0, 0.05) is 24.7 Å². The summed E-state index contributed by atoms with van der Waals surface area (Å²) in [4.78, 5) is 2.09. The molecule has 9 nitrogen and oxygen atoms in total. The van der Waals surface area contributed by atoms with E-state index in [1.165, 1.54) is 26.3 Å². The Morgan fingerprint density at radius 2 is 2.14 bits per heavy atom. The van der Waals surface area contributed by atoms with Gasteiger partial charge in [-0.15, -0.1) is 0 Å². The van der Waals surface area contributed by atoms with Crippen molar-refractivity contribution in [3.05, 3.63) is 54.2 Å². The Morgan fingerprint density at radius 1 is 1.32 bits per heavy atom. The summed E-state index contributed by atoms with van der Waals surface area (Å²) >= 11 is 0. The van der Waals surface area contributed by atoms with Gasteiger partial charge in [-0.1, -0.05) is 24.6 Å². The van der Waals surface area contributed by atoms with Crippen LogP contribution in [0, 0.1) is 11.8 Å². The number of fused-ring (bicyclic) bond motifs is 1. The average molecular weight is 527 g/mol. The Labute approximate surface area is 216 Å². The van der Waals surface area contributed by atoms with E-state index in [1.807, 2.05) is 30.1 Å². The number of aromatic nitrogens is 2. The molecule has 0 saturated carbocycles. The maximum Gasteiger partial charge on any atom is 0.240 e. The number of pyridine rings is 1. The lowest BCUT2D eigenvalue weighted by Crippen LogP contribution is -2.46. The van der Waals surface area contributed by atoms with Crippen LogP contribution >= 0.6 is 0 Å². The zero-order chi connectivity index (χ0) is 26.6. The van der Waals surface area contributed by atoms with Crippen molar-refractivity contribution in [1.29, 1.82) is 0 Å². The summed E-state index contributed by atoms with van der Waals surface area (Å²) < 4.78 is 48.1. The lowest BCUT2D eigenvalue weighted by Gasteiger charge is -2.33. The van der Waals surface area contributed by atoms with Gasteiger partial charge in [0.2, 0.25) is 10.0 Å². The van der Waals surface area contributed by atoms with E-state index in [-0.39, 0.29) is 17.5 Å². The molecule has 0 radical (unpaired) electrons. The first-order valence-corrected chi connectivity index (χ1v) is 13.3. The number of nitrogens with one attached hydrogen (secondary N) is 3. The van der Waals surface area contributed by atoms with Gasteiger partial charge < -0.3 is 20.3 Å². The molecule has 3 heterocycles. The molecule has 1 aliphatic heterocycles. The van der Waals surface area contributed by atoms with Crippen LogP contribution in [0.3, 0.4) is 0 Å². The number of hydrogen-bond acceptors (Lipinski definition) is 7. The smallest absolute Gasteiger partial charge is 0.240 e. The number of alkyl halides is 1. The molecule has 0 amide bonds. The van der Waals surface area contributed by atoms with Crippen molar-refractivity contribution in [2.75, 3.05) is 51.5 Å². The third-order valence-corrected chi connectivity index (χ3v) is 7.72. The topological polar surface area (TPSA) is 100 Å². The molecule has 3 N–H and O–H groups in total. The van der Waals surface area contributed by atoms with E-state index < -0.39 is 16.2 Å². The Morgan fingerprint density at radius 3 is 2.84 bits per heavy atom. The van der Waals surface area contributed by atoms with E-state index in [0.717, 1.165) is 17.6 Å². The number of rotatable bonds is 8. The number of likely N-dealkylation sites (tertiary alicyclic amines) is 1. The number of benzene rings is 1. The molecule has 1 saturated heterocycles. The highest BCUT2D eigenvalue weighted by atomic mass is 32.2. The van der Waals surface area contributed by atoms with Crippen LogP contribution in [0.5, 0.6) is 5.75 Å². The number of sulfonamides is 1.